The summed E-state index contributed by atoms with van der Waals surface area (Å²) in [6, 6.07) is 12.6. The lowest BCUT2D eigenvalue weighted by molar-refractivity contribution is 0.241. The van der Waals surface area contributed by atoms with E-state index in [1.54, 1.807) is 24.3 Å². The molecule has 0 amide bonds. The van der Waals surface area contributed by atoms with Crippen LogP contribution in [-0.4, -0.2) is 18.5 Å². The molecule has 2 N–H and O–H groups in total. The van der Waals surface area contributed by atoms with Gasteiger partial charge < -0.3 is 5.73 Å². The fraction of sp³-hybridized carbons (Fsp3) is 0.294. The van der Waals surface area contributed by atoms with E-state index in [-0.39, 0.29) is 23.7 Å². The summed E-state index contributed by atoms with van der Waals surface area (Å²) >= 11 is 0. The molecule has 2 aromatic carbocycles. The summed E-state index contributed by atoms with van der Waals surface area (Å²) in [5.74, 6) is -0.494. The minimum Gasteiger partial charge on any atom is -0.323 e. The molecule has 2 nitrogen and oxygen atoms in total. The summed E-state index contributed by atoms with van der Waals surface area (Å²) in [7, 11) is 1.90. The van der Waals surface area contributed by atoms with Crippen LogP contribution in [0, 0.1) is 11.6 Å². The molecule has 0 radical (unpaired) electrons. The molecule has 0 spiro atoms. The summed E-state index contributed by atoms with van der Waals surface area (Å²) in [6.45, 7) is 2.50. The van der Waals surface area contributed by atoms with Gasteiger partial charge in [0.25, 0.3) is 0 Å². The lowest BCUT2D eigenvalue weighted by Crippen LogP contribution is -2.31. The van der Waals surface area contributed by atoms with Crippen LogP contribution < -0.4 is 5.73 Å². The van der Waals surface area contributed by atoms with E-state index < -0.39 is 0 Å². The average Bonchev–Trinajstić information content (AvgIpc) is 2.47. The first kappa shape index (κ1) is 15.6. The molecule has 4 heteroatoms. The predicted molar refractivity (Wildman–Crippen MR) is 80.8 cm³/mol. The number of hydrogen-bond donors (Lipinski definition) is 1. The Labute approximate surface area is 124 Å². The summed E-state index contributed by atoms with van der Waals surface area (Å²) in [5, 5.41) is 0. The zero-order valence-corrected chi connectivity index (χ0v) is 12.3. The Morgan fingerprint density at radius 3 is 2.29 bits per heavy atom. The van der Waals surface area contributed by atoms with Crippen LogP contribution in [0.4, 0.5) is 8.78 Å². The maximum atomic E-state index is 13.8. The number of hydrogen-bond acceptors (Lipinski definition) is 2. The minimum absolute atomic E-state index is 0.0855. The maximum Gasteiger partial charge on any atom is 0.127 e. The Kier molecular flexibility index (Phi) is 5.04. The lowest BCUT2D eigenvalue weighted by atomic mass is 10.0. The number of nitrogens with two attached hydrogens (primary N) is 1. The lowest BCUT2D eigenvalue weighted by Gasteiger charge is -2.28. The van der Waals surface area contributed by atoms with Crippen LogP contribution in [0.2, 0.25) is 0 Å². The summed E-state index contributed by atoms with van der Waals surface area (Å²) in [5.41, 5.74) is 7.65. The molecule has 0 saturated carbocycles. The predicted octanol–water partition coefficient (Wildman–Crippen LogP) is 3.66. The Morgan fingerprint density at radius 2 is 1.67 bits per heavy atom. The molecule has 0 heterocycles. The molecule has 0 aromatic heterocycles. The van der Waals surface area contributed by atoms with Gasteiger partial charge in [0.05, 0.1) is 0 Å². The molecule has 112 valence electrons. The van der Waals surface area contributed by atoms with E-state index in [0.717, 1.165) is 5.56 Å². The van der Waals surface area contributed by atoms with E-state index in [1.807, 2.05) is 24.9 Å². The highest BCUT2D eigenvalue weighted by molar-refractivity contribution is 5.22. The first-order valence-electron chi connectivity index (χ1n) is 6.94. The topological polar surface area (TPSA) is 29.3 Å². The molecule has 0 bridgehead atoms. The number of benzene rings is 2. The van der Waals surface area contributed by atoms with Crippen molar-refractivity contribution in [1.29, 1.82) is 0 Å². The van der Waals surface area contributed by atoms with Gasteiger partial charge >= 0.3 is 0 Å². The molecule has 2 atom stereocenters. The zero-order valence-electron chi connectivity index (χ0n) is 12.3. The second-order valence-electron chi connectivity index (χ2n) is 5.30. The summed E-state index contributed by atoms with van der Waals surface area (Å²) in [6.07, 6.45) is 0. The van der Waals surface area contributed by atoms with Crippen LogP contribution in [0.3, 0.4) is 0 Å². The summed E-state index contributed by atoms with van der Waals surface area (Å²) < 4.78 is 26.7. The third-order valence-corrected chi connectivity index (χ3v) is 3.80. The van der Waals surface area contributed by atoms with Crippen molar-refractivity contribution in [2.75, 3.05) is 13.6 Å². The van der Waals surface area contributed by atoms with Crippen molar-refractivity contribution in [2.24, 2.45) is 5.73 Å². The summed E-state index contributed by atoms with van der Waals surface area (Å²) in [4.78, 5) is 1.99. The molecule has 21 heavy (non-hydrogen) atoms. The van der Waals surface area contributed by atoms with Gasteiger partial charge in [-0.15, -0.1) is 0 Å². The van der Waals surface area contributed by atoms with Crippen molar-refractivity contribution in [1.82, 2.24) is 4.90 Å². The highest BCUT2D eigenvalue weighted by atomic mass is 19.1. The first-order valence-corrected chi connectivity index (χ1v) is 6.94. The van der Waals surface area contributed by atoms with Crippen LogP contribution >= 0.6 is 0 Å². The number of nitrogens with zero attached hydrogens (tertiary/aromatic N) is 1. The Balaban J connectivity index is 2.05. The van der Waals surface area contributed by atoms with Gasteiger partial charge in [0, 0.05) is 24.2 Å². The number of halogens is 2. The first-order chi connectivity index (χ1) is 9.99. The molecular formula is C17H20F2N2. The molecule has 2 rings (SSSR count). The number of likely N-dealkylation sites (N-methyl/N-ethyl adjacent to an activating group) is 1. The van der Waals surface area contributed by atoms with E-state index in [4.69, 9.17) is 5.73 Å². The normalized spacial score (nSPS) is 14.2. The van der Waals surface area contributed by atoms with Crippen LogP contribution in [0.25, 0.3) is 0 Å². The van der Waals surface area contributed by atoms with Gasteiger partial charge in [0.2, 0.25) is 0 Å². The Hall–Kier alpha value is -1.78. The number of rotatable bonds is 5. The van der Waals surface area contributed by atoms with Gasteiger partial charge in [-0.3, -0.25) is 4.90 Å². The second-order valence-corrected chi connectivity index (χ2v) is 5.30. The second kappa shape index (κ2) is 6.78. The Morgan fingerprint density at radius 1 is 1.05 bits per heavy atom. The van der Waals surface area contributed by atoms with Crippen LogP contribution in [0.1, 0.15) is 30.1 Å². The molecule has 0 saturated heterocycles. The standard InChI is InChI=1S/C17H20F2N2/c1-12(15-5-3-4-6-16(15)19)21(2)11-17(20)13-7-9-14(18)10-8-13/h3-10,12,17H,11,20H2,1-2H3. The van der Waals surface area contributed by atoms with E-state index in [2.05, 4.69) is 0 Å². The minimum atomic E-state index is -0.279. The van der Waals surface area contributed by atoms with E-state index in [0.29, 0.717) is 12.1 Å². The van der Waals surface area contributed by atoms with E-state index in [9.17, 15) is 8.78 Å². The monoisotopic (exact) mass is 290 g/mol. The quantitative estimate of drug-likeness (QED) is 0.910. The van der Waals surface area contributed by atoms with Gasteiger partial charge in [-0.2, -0.15) is 0 Å². The molecule has 0 aliphatic heterocycles. The maximum absolute atomic E-state index is 13.8. The molecule has 2 aromatic rings. The largest absolute Gasteiger partial charge is 0.323 e. The zero-order chi connectivity index (χ0) is 15.4. The van der Waals surface area contributed by atoms with Gasteiger partial charge in [-0.25, -0.2) is 8.78 Å². The fourth-order valence-corrected chi connectivity index (χ4v) is 2.34. The average molecular weight is 290 g/mol. The van der Waals surface area contributed by atoms with Crippen molar-refractivity contribution in [2.45, 2.75) is 19.0 Å². The van der Waals surface area contributed by atoms with E-state index >= 15 is 0 Å². The van der Waals surface area contributed by atoms with Gasteiger partial charge in [0.1, 0.15) is 11.6 Å². The van der Waals surface area contributed by atoms with Gasteiger partial charge in [0.15, 0.2) is 0 Å². The molecule has 0 aliphatic rings. The van der Waals surface area contributed by atoms with Crippen molar-refractivity contribution in [3.05, 3.63) is 71.3 Å². The van der Waals surface area contributed by atoms with Crippen molar-refractivity contribution in [3.8, 4) is 0 Å². The van der Waals surface area contributed by atoms with Crippen molar-refractivity contribution < 1.29 is 8.78 Å². The molecular weight excluding hydrogens is 270 g/mol. The van der Waals surface area contributed by atoms with Crippen molar-refractivity contribution >= 4 is 0 Å². The van der Waals surface area contributed by atoms with Crippen LogP contribution in [0.15, 0.2) is 48.5 Å². The van der Waals surface area contributed by atoms with Crippen LogP contribution in [0.5, 0.6) is 0 Å². The highest BCUT2D eigenvalue weighted by Crippen LogP contribution is 2.23. The van der Waals surface area contributed by atoms with Gasteiger partial charge in [-0.05, 0) is 37.7 Å². The highest BCUT2D eigenvalue weighted by Gasteiger charge is 2.18. The SMILES string of the molecule is CC(c1ccccc1F)N(C)CC(N)c1ccc(F)cc1. The molecule has 2 unspecified atom stereocenters. The molecule has 0 aliphatic carbocycles. The molecule has 0 fully saturated rings. The van der Waals surface area contributed by atoms with Crippen molar-refractivity contribution in [3.63, 3.8) is 0 Å². The third-order valence-electron chi connectivity index (χ3n) is 3.80. The fourth-order valence-electron chi connectivity index (χ4n) is 2.34. The smallest absolute Gasteiger partial charge is 0.127 e. The van der Waals surface area contributed by atoms with E-state index in [1.165, 1.54) is 18.2 Å². The Bertz CT molecular complexity index is 584. The van der Waals surface area contributed by atoms with Crippen LogP contribution in [-0.2, 0) is 0 Å². The third kappa shape index (κ3) is 3.86. The van der Waals surface area contributed by atoms with Gasteiger partial charge in [-0.1, -0.05) is 30.3 Å².